The van der Waals surface area contributed by atoms with Gasteiger partial charge in [-0.1, -0.05) is 12.8 Å². The van der Waals surface area contributed by atoms with Crippen LogP contribution in [0.5, 0.6) is 0 Å². The Morgan fingerprint density at radius 2 is 1.76 bits per heavy atom. The van der Waals surface area contributed by atoms with Crippen molar-refractivity contribution in [2.45, 2.75) is 57.4 Å². The van der Waals surface area contributed by atoms with Crippen molar-refractivity contribution in [2.75, 3.05) is 18.9 Å². The lowest BCUT2D eigenvalue weighted by Gasteiger charge is -2.28. The normalized spacial score (nSPS) is 21.0. The van der Waals surface area contributed by atoms with Crippen LogP contribution in [0.4, 0.5) is 5.69 Å². The molecule has 1 aliphatic rings. The van der Waals surface area contributed by atoms with Crippen LogP contribution in [-0.4, -0.2) is 32.4 Å². The number of aryl methyl sites for hydroxylation is 2. The number of nitrogens with zero attached hydrogens (tertiary/aromatic N) is 1. The van der Waals surface area contributed by atoms with Gasteiger partial charge in [0.05, 0.1) is 4.90 Å². The first kappa shape index (κ1) is 16.3. The Labute approximate surface area is 128 Å². The van der Waals surface area contributed by atoms with Gasteiger partial charge in [-0.3, -0.25) is 0 Å². The zero-order chi connectivity index (χ0) is 15.6. The van der Waals surface area contributed by atoms with Crippen LogP contribution in [0.3, 0.4) is 0 Å². The second kappa shape index (κ2) is 6.36. The number of hydrogen-bond acceptors (Lipinski definition) is 3. The van der Waals surface area contributed by atoms with Gasteiger partial charge in [-0.2, -0.15) is 4.31 Å². The van der Waals surface area contributed by atoms with Crippen LogP contribution >= 0.6 is 0 Å². The summed E-state index contributed by atoms with van der Waals surface area (Å²) in [5.74, 6) is 0. The SMILES string of the molecule is CNc1cc(C)c(S(=O)(=O)N2CCCCCC2C)c(C)c1. The second-order valence-corrected chi connectivity index (χ2v) is 7.83. The van der Waals surface area contributed by atoms with Crippen LogP contribution in [0.15, 0.2) is 17.0 Å². The van der Waals surface area contributed by atoms with E-state index in [1.165, 1.54) is 0 Å². The highest BCUT2D eigenvalue weighted by Gasteiger charge is 2.32. The minimum atomic E-state index is -3.42. The fourth-order valence-corrected chi connectivity index (χ4v) is 5.34. The van der Waals surface area contributed by atoms with Crippen molar-refractivity contribution in [3.05, 3.63) is 23.3 Å². The van der Waals surface area contributed by atoms with E-state index in [4.69, 9.17) is 0 Å². The zero-order valence-electron chi connectivity index (χ0n) is 13.4. The molecule has 1 atom stereocenters. The van der Waals surface area contributed by atoms with Crippen molar-refractivity contribution in [2.24, 2.45) is 0 Å². The van der Waals surface area contributed by atoms with Crippen molar-refractivity contribution in [3.8, 4) is 0 Å². The number of hydrogen-bond donors (Lipinski definition) is 1. The summed E-state index contributed by atoms with van der Waals surface area (Å²) in [6, 6.07) is 3.89. The third kappa shape index (κ3) is 3.24. The molecule has 1 heterocycles. The first-order valence-electron chi connectivity index (χ1n) is 7.68. The quantitative estimate of drug-likeness (QED) is 0.932. The van der Waals surface area contributed by atoms with E-state index in [1.807, 2.05) is 40.0 Å². The van der Waals surface area contributed by atoms with Crippen LogP contribution in [-0.2, 0) is 10.0 Å². The lowest BCUT2D eigenvalue weighted by molar-refractivity contribution is 0.341. The van der Waals surface area contributed by atoms with Crippen LogP contribution in [0.1, 0.15) is 43.7 Å². The van der Waals surface area contributed by atoms with E-state index in [1.54, 1.807) is 4.31 Å². The van der Waals surface area contributed by atoms with Gasteiger partial charge in [0.15, 0.2) is 0 Å². The summed E-state index contributed by atoms with van der Waals surface area (Å²) >= 11 is 0. The Balaban J connectivity index is 2.48. The van der Waals surface area contributed by atoms with Crippen molar-refractivity contribution in [1.29, 1.82) is 0 Å². The monoisotopic (exact) mass is 310 g/mol. The third-order valence-corrected chi connectivity index (χ3v) is 6.63. The summed E-state index contributed by atoms with van der Waals surface area (Å²) in [6.07, 6.45) is 4.14. The molecule has 2 rings (SSSR count). The highest BCUT2D eigenvalue weighted by Crippen LogP contribution is 2.30. The van der Waals surface area contributed by atoms with Gasteiger partial charge in [-0.05, 0) is 56.9 Å². The Morgan fingerprint density at radius 1 is 1.14 bits per heavy atom. The van der Waals surface area contributed by atoms with Crippen molar-refractivity contribution < 1.29 is 8.42 Å². The third-order valence-electron chi connectivity index (χ3n) is 4.31. The van der Waals surface area contributed by atoms with Crippen molar-refractivity contribution >= 4 is 15.7 Å². The van der Waals surface area contributed by atoms with Gasteiger partial charge in [0.1, 0.15) is 0 Å². The summed E-state index contributed by atoms with van der Waals surface area (Å²) < 4.78 is 27.9. The first-order chi connectivity index (χ1) is 9.87. The molecule has 4 nitrogen and oxygen atoms in total. The lowest BCUT2D eigenvalue weighted by Crippen LogP contribution is -2.38. The molecule has 1 fully saturated rings. The summed E-state index contributed by atoms with van der Waals surface area (Å²) in [6.45, 7) is 6.41. The minimum Gasteiger partial charge on any atom is -0.388 e. The van der Waals surface area contributed by atoms with Crippen LogP contribution in [0, 0.1) is 13.8 Å². The standard InChI is InChI=1S/C16H26N2O2S/c1-12-10-15(17-4)11-13(2)16(12)21(19,20)18-9-7-5-6-8-14(18)3/h10-11,14,17H,5-9H2,1-4H3. The highest BCUT2D eigenvalue weighted by molar-refractivity contribution is 7.89. The summed E-state index contributed by atoms with van der Waals surface area (Å²) in [5.41, 5.74) is 2.58. The van der Waals surface area contributed by atoms with Crippen molar-refractivity contribution in [3.63, 3.8) is 0 Å². The Kier molecular flexibility index (Phi) is 4.94. The zero-order valence-corrected chi connectivity index (χ0v) is 14.3. The van der Waals surface area contributed by atoms with E-state index < -0.39 is 10.0 Å². The van der Waals surface area contributed by atoms with Crippen LogP contribution < -0.4 is 5.32 Å². The van der Waals surface area contributed by atoms with Crippen LogP contribution in [0.2, 0.25) is 0 Å². The lowest BCUT2D eigenvalue weighted by atomic mass is 10.1. The van der Waals surface area contributed by atoms with Gasteiger partial charge in [-0.15, -0.1) is 0 Å². The maximum atomic E-state index is 13.1. The fraction of sp³-hybridized carbons (Fsp3) is 0.625. The molecule has 21 heavy (non-hydrogen) atoms. The number of sulfonamides is 1. The Bertz CT molecular complexity index is 588. The molecule has 0 spiro atoms. The largest absolute Gasteiger partial charge is 0.388 e. The molecule has 5 heteroatoms. The Morgan fingerprint density at radius 3 is 2.33 bits per heavy atom. The van der Waals surface area contributed by atoms with Crippen molar-refractivity contribution in [1.82, 2.24) is 4.31 Å². The molecule has 1 aliphatic heterocycles. The molecular weight excluding hydrogens is 284 g/mol. The second-order valence-electron chi connectivity index (χ2n) is 6.00. The van der Waals surface area contributed by atoms with E-state index in [0.717, 1.165) is 42.5 Å². The molecule has 0 bridgehead atoms. The maximum Gasteiger partial charge on any atom is 0.243 e. The molecule has 0 radical (unpaired) electrons. The smallest absolute Gasteiger partial charge is 0.243 e. The minimum absolute atomic E-state index is 0.0836. The molecular formula is C16H26N2O2S. The number of rotatable bonds is 3. The van der Waals surface area contributed by atoms with Gasteiger partial charge in [0.25, 0.3) is 0 Å². The highest BCUT2D eigenvalue weighted by atomic mass is 32.2. The number of benzene rings is 1. The molecule has 1 unspecified atom stereocenters. The van der Waals surface area contributed by atoms with Gasteiger partial charge in [-0.25, -0.2) is 8.42 Å². The topological polar surface area (TPSA) is 49.4 Å². The fourth-order valence-electron chi connectivity index (χ4n) is 3.22. The van der Waals surface area contributed by atoms with Gasteiger partial charge < -0.3 is 5.32 Å². The van der Waals surface area contributed by atoms with Gasteiger partial charge >= 0.3 is 0 Å². The molecule has 1 N–H and O–H groups in total. The predicted molar refractivity (Wildman–Crippen MR) is 87.3 cm³/mol. The molecule has 118 valence electrons. The maximum absolute atomic E-state index is 13.1. The molecule has 1 saturated heterocycles. The molecule has 0 saturated carbocycles. The van der Waals surface area contributed by atoms with E-state index in [9.17, 15) is 8.42 Å². The van der Waals surface area contributed by atoms with E-state index in [0.29, 0.717) is 11.4 Å². The molecule has 0 amide bonds. The summed E-state index contributed by atoms with van der Waals surface area (Å²) in [7, 11) is -1.57. The van der Waals surface area contributed by atoms with E-state index in [2.05, 4.69) is 5.32 Å². The van der Waals surface area contributed by atoms with Gasteiger partial charge in [0, 0.05) is 25.3 Å². The average molecular weight is 310 g/mol. The number of nitrogens with one attached hydrogen (secondary N) is 1. The van der Waals surface area contributed by atoms with E-state index >= 15 is 0 Å². The van der Waals surface area contributed by atoms with E-state index in [-0.39, 0.29) is 6.04 Å². The van der Waals surface area contributed by atoms with Gasteiger partial charge in [0.2, 0.25) is 10.0 Å². The molecule has 1 aromatic carbocycles. The molecule has 1 aromatic rings. The van der Waals surface area contributed by atoms with Crippen LogP contribution in [0.25, 0.3) is 0 Å². The summed E-state index contributed by atoms with van der Waals surface area (Å²) in [5, 5.41) is 3.08. The first-order valence-corrected chi connectivity index (χ1v) is 9.12. The average Bonchev–Trinajstić information content (AvgIpc) is 2.62. The summed E-state index contributed by atoms with van der Waals surface area (Å²) in [4.78, 5) is 0.482. The molecule has 0 aliphatic carbocycles. The Hall–Kier alpha value is -1.07. The number of anilines is 1. The molecule has 0 aromatic heterocycles. The predicted octanol–water partition coefficient (Wildman–Crippen LogP) is 3.30.